The first-order valence-electron chi connectivity index (χ1n) is 7.15. The molecule has 0 radical (unpaired) electrons. The van der Waals surface area contributed by atoms with Gasteiger partial charge >= 0.3 is 5.97 Å². The molecule has 3 N–H and O–H groups in total. The van der Waals surface area contributed by atoms with Gasteiger partial charge in [0.1, 0.15) is 0 Å². The summed E-state index contributed by atoms with van der Waals surface area (Å²) in [7, 11) is 0. The second-order valence-corrected chi connectivity index (χ2v) is 5.43. The number of anilines is 1. The van der Waals surface area contributed by atoms with Gasteiger partial charge in [0, 0.05) is 11.8 Å². The molecule has 0 saturated carbocycles. The molecular formula is C18H16N2O3S. The monoisotopic (exact) mass is 340 g/mol. The molecule has 0 aliphatic heterocycles. The van der Waals surface area contributed by atoms with E-state index in [-0.39, 0.29) is 16.6 Å². The third-order valence-electron chi connectivity index (χ3n) is 3.20. The second-order valence-electron chi connectivity index (χ2n) is 5.02. The highest BCUT2D eigenvalue weighted by Crippen LogP contribution is 2.16. The number of rotatable bonds is 4. The Bertz CT molecular complexity index is 801. The van der Waals surface area contributed by atoms with E-state index in [0.717, 1.165) is 11.1 Å². The van der Waals surface area contributed by atoms with Crippen molar-refractivity contribution < 1.29 is 14.7 Å². The molecule has 2 aromatic rings. The number of carboxylic acids is 1. The molecule has 0 aliphatic carbocycles. The SMILES string of the molecule is Cc1ccc(C(=O)O)cc1NC(=S)NC(=O)C=Cc1ccccc1. The van der Waals surface area contributed by atoms with Gasteiger partial charge in [-0.15, -0.1) is 0 Å². The van der Waals surface area contributed by atoms with E-state index < -0.39 is 5.97 Å². The van der Waals surface area contributed by atoms with Gasteiger partial charge in [-0.05, 0) is 48.5 Å². The van der Waals surface area contributed by atoms with Gasteiger partial charge in [0.05, 0.1) is 5.56 Å². The lowest BCUT2D eigenvalue weighted by Crippen LogP contribution is -2.33. The van der Waals surface area contributed by atoms with Crippen LogP contribution in [0.5, 0.6) is 0 Å². The fourth-order valence-corrected chi connectivity index (χ4v) is 2.14. The first-order chi connectivity index (χ1) is 11.5. The number of thiocarbonyl (C=S) groups is 1. The molecule has 1 amide bonds. The van der Waals surface area contributed by atoms with Gasteiger partial charge in [0.25, 0.3) is 0 Å². The molecule has 0 unspecified atom stereocenters. The van der Waals surface area contributed by atoms with Crippen LogP contribution in [0, 0.1) is 6.92 Å². The molecule has 122 valence electrons. The van der Waals surface area contributed by atoms with Crippen LogP contribution in [-0.2, 0) is 4.79 Å². The number of nitrogens with one attached hydrogen (secondary N) is 2. The fourth-order valence-electron chi connectivity index (χ4n) is 1.93. The van der Waals surface area contributed by atoms with Crippen LogP contribution in [0.15, 0.2) is 54.6 Å². The summed E-state index contributed by atoms with van der Waals surface area (Å²) in [5, 5.41) is 14.5. The molecule has 2 aromatic carbocycles. The first-order valence-corrected chi connectivity index (χ1v) is 7.55. The summed E-state index contributed by atoms with van der Waals surface area (Å²) in [6.07, 6.45) is 3.05. The van der Waals surface area contributed by atoms with Crippen molar-refractivity contribution >= 4 is 41.0 Å². The fraction of sp³-hybridized carbons (Fsp3) is 0.0556. The van der Waals surface area contributed by atoms with Gasteiger partial charge < -0.3 is 10.4 Å². The Balaban J connectivity index is 1.98. The number of hydrogen-bond acceptors (Lipinski definition) is 3. The van der Waals surface area contributed by atoms with Crippen LogP contribution in [-0.4, -0.2) is 22.1 Å². The van der Waals surface area contributed by atoms with Crippen molar-refractivity contribution in [2.45, 2.75) is 6.92 Å². The lowest BCUT2D eigenvalue weighted by molar-refractivity contribution is -0.115. The van der Waals surface area contributed by atoms with E-state index in [9.17, 15) is 9.59 Å². The van der Waals surface area contributed by atoms with E-state index in [1.54, 1.807) is 12.1 Å². The van der Waals surface area contributed by atoms with Crippen molar-refractivity contribution in [3.05, 3.63) is 71.3 Å². The standard InChI is InChI=1S/C18H16N2O3S/c1-12-7-9-14(17(22)23)11-15(12)19-18(24)20-16(21)10-8-13-5-3-2-4-6-13/h2-11H,1H3,(H,22,23)(H2,19,20,21,24). The average Bonchev–Trinajstić information content (AvgIpc) is 2.55. The Morgan fingerprint density at radius 1 is 1.12 bits per heavy atom. The van der Waals surface area contributed by atoms with E-state index >= 15 is 0 Å². The van der Waals surface area contributed by atoms with Gasteiger partial charge in [0.2, 0.25) is 5.91 Å². The summed E-state index contributed by atoms with van der Waals surface area (Å²) >= 11 is 5.09. The van der Waals surface area contributed by atoms with Crippen molar-refractivity contribution in [2.24, 2.45) is 0 Å². The zero-order valence-electron chi connectivity index (χ0n) is 12.9. The Kier molecular flexibility index (Phi) is 5.81. The van der Waals surface area contributed by atoms with Crippen molar-refractivity contribution in [1.82, 2.24) is 5.32 Å². The molecule has 6 heteroatoms. The second kappa shape index (κ2) is 8.03. The van der Waals surface area contributed by atoms with Crippen LogP contribution in [0.4, 0.5) is 5.69 Å². The number of carbonyl (C=O) groups is 2. The van der Waals surface area contributed by atoms with Crippen LogP contribution >= 0.6 is 12.2 Å². The van der Waals surface area contributed by atoms with Gasteiger partial charge in [0.15, 0.2) is 5.11 Å². The van der Waals surface area contributed by atoms with Gasteiger partial charge in [-0.1, -0.05) is 36.4 Å². The third-order valence-corrected chi connectivity index (χ3v) is 3.40. The third kappa shape index (κ3) is 5.03. The van der Waals surface area contributed by atoms with Gasteiger partial charge in [-0.2, -0.15) is 0 Å². The largest absolute Gasteiger partial charge is 0.478 e. The quantitative estimate of drug-likeness (QED) is 0.588. The number of benzene rings is 2. The Hall–Kier alpha value is -2.99. The molecule has 0 aromatic heterocycles. The van der Waals surface area contributed by atoms with E-state index in [2.05, 4.69) is 10.6 Å². The maximum Gasteiger partial charge on any atom is 0.335 e. The summed E-state index contributed by atoms with van der Waals surface area (Å²) < 4.78 is 0. The highest BCUT2D eigenvalue weighted by atomic mass is 32.1. The Morgan fingerprint density at radius 2 is 1.83 bits per heavy atom. The summed E-state index contributed by atoms with van der Waals surface area (Å²) in [6.45, 7) is 1.81. The molecule has 0 bridgehead atoms. The topological polar surface area (TPSA) is 78.4 Å². The maximum absolute atomic E-state index is 11.9. The number of amides is 1. The number of carbonyl (C=O) groups excluding carboxylic acids is 1. The normalized spacial score (nSPS) is 10.4. The van der Waals surface area contributed by atoms with Crippen LogP contribution in [0.1, 0.15) is 21.5 Å². The van der Waals surface area contributed by atoms with Gasteiger partial charge in [-0.3, -0.25) is 10.1 Å². The van der Waals surface area contributed by atoms with Crippen LogP contribution in [0.2, 0.25) is 0 Å². The van der Waals surface area contributed by atoms with Crippen LogP contribution in [0.25, 0.3) is 6.08 Å². The lowest BCUT2D eigenvalue weighted by atomic mass is 10.1. The van der Waals surface area contributed by atoms with E-state index in [0.29, 0.717) is 5.69 Å². The van der Waals surface area contributed by atoms with Crippen molar-refractivity contribution in [1.29, 1.82) is 0 Å². The lowest BCUT2D eigenvalue weighted by Gasteiger charge is -2.11. The molecular weight excluding hydrogens is 324 g/mol. The molecule has 5 nitrogen and oxygen atoms in total. The Morgan fingerprint density at radius 3 is 2.50 bits per heavy atom. The molecule has 0 heterocycles. The molecule has 0 saturated heterocycles. The Labute approximate surface area is 145 Å². The van der Waals surface area contributed by atoms with E-state index in [1.165, 1.54) is 18.2 Å². The highest BCUT2D eigenvalue weighted by molar-refractivity contribution is 7.80. The zero-order valence-corrected chi connectivity index (χ0v) is 13.8. The molecule has 0 spiro atoms. The average molecular weight is 340 g/mol. The van der Waals surface area contributed by atoms with Crippen molar-refractivity contribution in [3.63, 3.8) is 0 Å². The summed E-state index contributed by atoms with van der Waals surface area (Å²) in [6, 6.07) is 14.0. The summed E-state index contributed by atoms with van der Waals surface area (Å²) in [4.78, 5) is 22.9. The minimum atomic E-state index is -1.03. The van der Waals surface area contributed by atoms with Gasteiger partial charge in [-0.25, -0.2) is 4.79 Å². The molecule has 24 heavy (non-hydrogen) atoms. The van der Waals surface area contributed by atoms with Crippen LogP contribution in [0.3, 0.4) is 0 Å². The molecule has 2 rings (SSSR count). The minimum absolute atomic E-state index is 0.100. The zero-order chi connectivity index (χ0) is 17.5. The molecule has 0 fully saturated rings. The smallest absolute Gasteiger partial charge is 0.335 e. The van der Waals surface area contributed by atoms with E-state index in [4.69, 9.17) is 17.3 Å². The minimum Gasteiger partial charge on any atom is -0.478 e. The number of hydrogen-bond donors (Lipinski definition) is 3. The molecule has 0 aliphatic rings. The number of aryl methyl sites for hydroxylation is 1. The summed E-state index contributed by atoms with van der Waals surface area (Å²) in [5.41, 5.74) is 2.39. The van der Waals surface area contributed by atoms with Crippen LogP contribution < -0.4 is 10.6 Å². The number of aromatic carboxylic acids is 1. The molecule has 0 atom stereocenters. The van der Waals surface area contributed by atoms with Crippen molar-refractivity contribution in [3.8, 4) is 0 Å². The first kappa shape index (κ1) is 17.4. The van der Waals surface area contributed by atoms with Crippen molar-refractivity contribution in [2.75, 3.05) is 5.32 Å². The predicted octanol–water partition coefficient (Wildman–Crippen LogP) is 3.22. The van der Waals surface area contributed by atoms with E-state index in [1.807, 2.05) is 37.3 Å². The highest BCUT2D eigenvalue weighted by Gasteiger charge is 2.08. The maximum atomic E-state index is 11.9. The number of carboxylic acid groups (broad SMARTS) is 1. The summed E-state index contributed by atoms with van der Waals surface area (Å²) in [5.74, 6) is -1.40. The predicted molar refractivity (Wildman–Crippen MR) is 98.0 cm³/mol.